The lowest BCUT2D eigenvalue weighted by Gasteiger charge is -2.04. The van der Waals surface area contributed by atoms with Gasteiger partial charge in [0.15, 0.2) is 4.80 Å². The third-order valence-electron chi connectivity index (χ3n) is 3.00. The van der Waals surface area contributed by atoms with Crippen molar-refractivity contribution in [3.05, 3.63) is 80.5 Å². The average molecular weight is 335 g/mol. The molecule has 0 aliphatic rings. The summed E-state index contributed by atoms with van der Waals surface area (Å²) in [7, 11) is 0. The predicted octanol–water partition coefficient (Wildman–Crippen LogP) is 5.14. The van der Waals surface area contributed by atoms with Crippen molar-refractivity contribution >= 4 is 40.2 Å². The average Bonchev–Trinajstić information content (AvgIpc) is 2.92. The van der Waals surface area contributed by atoms with E-state index in [1.165, 1.54) is 5.56 Å². The monoisotopic (exact) mass is 334 g/mol. The van der Waals surface area contributed by atoms with E-state index < -0.39 is 0 Å². The molecule has 0 aliphatic carbocycles. The fourth-order valence-corrected chi connectivity index (χ4v) is 3.05. The van der Waals surface area contributed by atoms with E-state index >= 15 is 0 Å². The molecule has 3 aromatic rings. The van der Waals surface area contributed by atoms with Crippen molar-refractivity contribution in [3.63, 3.8) is 0 Å². The molecular weight excluding hydrogens is 323 g/mol. The molecule has 0 amide bonds. The maximum absolute atomic E-state index is 6.19. The molecule has 106 valence electrons. The van der Waals surface area contributed by atoms with Crippen LogP contribution in [0.1, 0.15) is 5.56 Å². The first-order valence-corrected chi connectivity index (χ1v) is 8.04. The van der Waals surface area contributed by atoms with Crippen LogP contribution in [-0.2, 0) is 6.54 Å². The largest absolute Gasteiger partial charge is 0.319 e. The highest BCUT2D eigenvalue weighted by molar-refractivity contribution is 7.07. The first kappa shape index (κ1) is 14.4. The number of benzene rings is 2. The Hall–Kier alpha value is -1.55. The molecule has 3 rings (SSSR count). The van der Waals surface area contributed by atoms with E-state index in [2.05, 4.69) is 21.7 Å². The topological polar surface area (TPSA) is 17.3 Å². The van der Waals surface area contributed by atoms with Gasteiger partial charge >= 0.3 is 0 Å². The van der Waals surface area contributed by atoms with Crippen LogP contribution in [0.25, 0.3) is 0 Å². The van der Waals surface area contributed by atoms with E-state index in [1.807, 2.05) is 41.9 Å². The standard InChI is InChI=1S/C16H12Cl2N2S/c17-13-7-4-8-14(15(13)18)19-16-20(9-10-21-16)11-12-5-2-1-3-6-12/h1-10H,11H2. The Morgan fingerprint density at radius 1 is 1.00 bits per heavy atom. The molecule has 0 unspecified atom stereocenters. The summed E-state index contributed by atoms with van der Waals surface area (Å²) in [5, 5.41) is 3.02. The highest BCUT2D eigenvalue weighted by Crippen LogP contribution is 2.31. The van der Waals surface area contributed by atoms with Crippen LogP contribution in [-0.4, -0.2) is 4.57 Å². The Balaban J connectivity index is 1.99. The number of halogens is 2. The first-order chi connectivity index (χ1) is 10.2. The minimum Gasteiger partial charge on any atom is -0.319 e. The number of hydrogen-bond acceptors (Lipinski definition) is 2. The van der Waals surface area contributed by atoms with Gasteiger partial charge in [-0.2, -0.15) is 0 Å². The lowest BCUT2D eigenvalue weighted by Crippen LogP contribution is -2.14. The highest BCUT2D eigenvalue weighted by atomic mass is 35.5. The minimum atomic E-state index is 0.485. The molecule has 21 heavy (non-hydrogen) atoms. The molecule has 5 heteroatoms. The Morgan fingerprint density at radius 3 is 2.62 bits per heavy atom. The maximum Gasteiger partial charge on any atom is 0.190 e. The smallest absolute Gasteiger partial charge is 0.190 e. The van der Waals surface area contributed by atoms with Crippen LogP contribution in [0.15, 0.2) is 65.1 Å². The Morgan fingerprint density at radius 2 is 1.81 bits per heavy atom. The normalized spacial score (nSPS) is 11.8. The summed E-state index contributed by atoms with van der Waals surface area (Å²) in [6.07, 6.45) is 2.02. The molecule has 0 saturated heterocycles. The van der Waals surface area contributed by atoms with Crippen molar-refractivity contribution in [2.75, 3.05) is 0 Å². The van der Waals surface area contributed by atoms with Crippen molar-refractivity contribution < 1.29 is 0 Å². The number of hydrogen-bond donors (Lipinski definition) is 0. The van der Waals surface area contributed by atoms with Gasteiger partial charge in [-0.3, -0.25) is 0 Å². The van der Waals surface area contributed by atoms with Gasteiger partial charge in [-0.1, -0.05) is 59.6 Å². The Labute approximate surface area is 136 Å². The predicted molar refractivity (Wildman–Crippen MR) is 89.5 cm³/mol. The van der Waals surface area contributed by atoms with Crippen LogP contribution in [0.5, 0.6) is 0 Å². The molecule has 0 fully saturated rings. The van der Waals surface area contributed by atoms with Crippen molar-refractivity contribution in [2.45, 2.75) is 6.54 Å². The van der Waals surface area contributed by atoms with E-state index in [9.17, 15) is 0 Å². The van der Waals surface area contributed by atoms with E-state index in [-0.39, 0.29) is 0 Å². The Kier molecular flexibility index (Phi) is 4.44. The summed E-state index contributed by atoms with van der Waals surface area (Å²) >= 11 is 13.8. The zero-order valence-electron chi connectivity index (χ0n) is 11.0. The maximum atomic E-state index is 6.19. The third kappa shape index (κ3) is 3.38. The van der Waals surface area contributed by atoms with Gasteiger partial charge in [0, 0.05) is 18.1 Å². The first-order valence-electron chi connectivity index (χ1n) is 6.40. The minimum absolute atomic E-state index is 0.485. The molecule has 0 aliphatic heterocycles. The second-order valence-corrected chi connectivity index (χ2v) is 6.14. The van der Waals surface area contributed by atoms with Crippen LogP contribution >= 0.6 is 34.5 Å². The summed E-state index contributed by atoms with van der Waals surface area (Å²) in [6.45, 7) is 0.779. The fourth-order valence-electron chi connectivity index (χ4n) is 1.97. The van der Waals surface area contributed by atoms with Gasteiger partial charge in [0.05, 0.1) is 15.7 Å². The summed E-state index contributed by atoms with van der Waals surface area (Å²) in [5.74, 6) is 0. The molecule has 1 heterocycles. The van der Waals surface area contributed by atoms with Crippen LogP contribution in [0.4, 0.5) is 5.69 Å². The third-order valence-corrected chi connectivity index (χ3v) is 4.61. The lowest BCUT2D eigenvalue weighted by atomic mass is 10.2. The van der Waals surface area contributed by atoms with Crippen molar-refractivity contribution in [2.24, 2.45) is 4.99 Å². The van der Waals surface area contributed by atoms with Gasteiger partial charge in [0.1, 0.15) is 0 Å². The molecule has 0 saturated carbocycles. The van der Waals surface area contributed by atoms with Gasteiger partial charge in [0.2, 0.25) is 0 Å². The van der Waals surface area contributed by atoms with Gasteiger partial charge in [-0.15, -0.1) is 11.3 Å². The molecule has 0 N–H and O–H groups in total. The van der Waals surface area contributed by atoms with Gasteiger partial charge < -0.3 is 4.57 Å². The van der Waals surface area contributed by atoms with E-state index in [0.29, 0.717) is 15.7 Å². The van der Waals surface area contributed by atoms with Crippen LogP contribution < -0.4 is 4.80 Å². The molecule has 2 nitrogen and oxygen atoms in total. The quantitative estimate of drug-likeness (QED) is 0.631. The molecule has 1 aromatic heterocycles. The zero-order valence-corrected chi connectivity index (χ0v) is 13.4. The molecule has 0 atom stereocenters. The second kappa shape index (κ2) is 6.48. The second-order valence-electron chi connectivity index (χ2n) is 4.48. The van der Waals surface area contributed by atoms with Crippen molar-refractivity contribution in [3.8, 4) is 0 Å². The van der Waals surface area contributed by atoms with E-state index in [4.69, 9.17) is 23.2 Å². The summed E-state index contributed by atoms with van der Waals surface area (Å²) in [5.41, 5.74) is 1.92. The molecule has 0 spiro atoms. The van der Waals surface area contributed by atoms with Crippen LogP contribution in [0, 0.1) is 0 Å². The number of aromatic nitrogens is 1. The summed E-state index contributed by atoms with van der Waals surface area (Å²) < 4.78 is 2.09. The summed E-state index contributed by atoms with van der Waals surface area (Å²) in [4.78, 5) is 5.51. The Bertz CT molecular complexity index is 806. The van der Waals surface area contributed by atoms with Gasteiger partial charge in [-0.25, -0.2) is 4.99 Å². The van der Waals surface area contributed by atoms with Crippen molar-refractivity contribution in [1.82, 2.24) is 4.57 Å². The zero-order chi connectivity index (χ0) is 14.7. The molecular formula is C16H12Cl2N2S. The van der Waals surface area contributed by atoms with Crippen molar-refractivity contribution in [1.29, 1.82) is 0 Å². The van der Waals surface area contributed by atoms with Gasteiger partial charge in [-0.05, 0) is 17.7 Å². The number of nitrogens with zero attached hydrogens (tertiary/aromatic N) is 2. The lowest BCUT2D eigenvalue weighted by molar-refractivity contribution is 0.770. The van der Waals surface area contributed by atoms with E-state index in [0.717, 1.165) is 11.3 Å². The fraction of sp³-hybridized carbons (Fsp3) is 0.0625. The molecule has 0 bridgehead atoms. The number of thiazole rings is 1. The van der Waals surface area contributed by atoms with Crippen LogP contribution in [0.3, 0.4) is 0 Å². The summed E-state index contributed by atoms with van der Waals surface area (Å²) in [6, 6.07) is 15.7. The highest BCUT2D eigenvalue weighted by Gasteiger charge is 2.04. The van der Waals surface area contributed by atoms with E-state index in [1.54, 1.807) is 17.4 Å². The molecule has 0 radical (unpaired) electrons. The number of rotatable bonds is 3. The van der Waals surface area contributed by atoms with Crippen LogP contribution in [0.2, 0.25) is 10.0 Å². The van der Waals surface area contributed by atoms with Gasteiger partial charge in [0.25, 0.3) is 0 Å². The SMILES string of the molecule is Clc1cccc(N=c2sccn2Cc2ccccc2)c1Cl. The molecule has 2 aromatic carbocycles.